The summed E-state index contributed by atoms with van der Waals surface area (Å²) in [6.07, 6.45) is 2.88. The molecule has 0 heteroatoms. The average molecular weight is 218 g/mol. The van der Waals surface area contributed by atoms with Crippen molar-refractivity contribution in [2.75, 3.05) is 0 Å². The molecule has 0 amide bonds. The van der Waals surface area contributed by atoms with Crippen LogP contribution in [-0.4, -0.2) is 0 Å². The molecule has 3 aromatic rings. The molecule has 0 saturated carbocycles. The Balaban J connectivity index is 2.38. The maximum absolute atomic E-state index is 3.80. The monoisotopic (exact) mass is 218 g/mol. The van der Waals surface area contributed by atoms with Gasteiger partial charge in [-0.2, -0.15) is 0 Å². The molecule has 17 heavy (non-hydrogen) atoms. The largest absolute Gasteiger partial charge is 0.103 e. The second-order valence-corrected chi connectivity index (χ2v) is 4.33. The topological polar surface area (TPSA) is 0 Å². The molecule has 0 fully saturated rings. The van der Waals surface area contributed by atoms with Gasteiger partial charge in [0.25, 0.3) is 0 Å². The lowest BCUT2D eigenvalue weighted by atomic mass is 9.99. The highest BCUT2D eigenvalue weighted by atomic mass is 14.0. The second kappa shape index (κ2) is 4.06. The second-order valence-electron chi connectivity index (χ2n) is 4.33. The molecule has 0 bridgehead atoms. The minimum atomic E-state index is 0.930. The summed E-state index contributed by atoms with van der Waals surface area (Å²) in [5.74, 6) is 0. The first-order valence-corrected chi connectivity index (χ1v) is 5.90. The summed E-state index contributed by atoms with van der Waals surface area (Å²) in [5.41, 5.74) is 1.32. The van der Waals surface area contributed by atoms with Crippen molar-refractivity contribution in [1.82, 2.24) is 0 Å². The quantitative estimate of drug-likeness (QED) is 0.431. The SMILES string of the molecule is C=CCc1ccc2ccc3ccccc3c2c1. The number of allylic oxidation sites excluding steroid dienone is 1. The summed E-state index contributed by atoms with van der Waals surface area (Å²) in [6.45, 7) is 3.80. The van der Waals surface area contributed by atoms with E-state index < -0.39 is 0 Å². The first-order chi connectivity index (χ1) is 8.38. The third-order valence-corrected chi connectivity index (χ3v) is 3.19. The van der Waals surface area contributed by atoms with Gasteiger partial charge in [-0.1, -0.05) is 60.7 Å². The lowest BCUT2D eigenvalue weighted by Crippen LogP contribution is -1.82. The Morgan fingerprint density at radius 3 is 2.35 bits per heavy atom. The third kappa shape index (κ3) is 1.72. The van der Waals surface area contributed by atoms with Gasteiger partial charge in [0, 0.05) is 0 Å². The molecule has 0 heterocycles. The van der Waals surface area contributed by atoms with Gasteiger partial charge in [0.2, 0.25) is 0 Å². The average Bonchev–Trinajstić information content (AvgIpc) is 2.39. The van der Waals surface area contributed by atoms with E-state index >= 15 is 0 Å². The highest BCUT2D eigenvalue weighted by molar-refractivity contribution is 6.07. The molecular weight excluding hydrogens is 204 g/mol. The third-order valence-electron chi connectivity index (χ3n) is 3.19. The van der Waals surface area contributed by atoms with Gasteiger partial charge in [0.15, 0.2) is 0 Å². The fraction of sp³-hybridized carbons (Fsp3) is 0.0588. The standard InChI is InChI=1S/C17H14/c1-2-5-13-8-9-15-11-10-14-6-3-4-7-16(14)17(15)12-13/h2-4,6-12H,1,5H2. The maximum Gasteiger partial charge on any atom is -0.00999 e. The van der Waals surface area contributed by atoms with Gasteiger partial charge in [0.1, 0.15) is 0 Å². The Morgan fingerprint density at radius 2 is 1.53 bits per heavy atom. The number of rotatable bonds is 2. The lowest BCUT2D eigenvalue weighted by Gasteiger charge is -2.05. The van der Waals surface area contributed by atoms with E-state index in [-0.39, 0.29) is 0 Å². The number of benzene rings is 3. The molecule has 82 valence electrons. The van der Waals surface area contributed by atoms with Gasteiger partial charge in [-0.15, -0.1) is 6.58 Å². The molecule has 0 aliphatic rings. The first-order valence-electron chi connectivity index (χ1n) is 5.90. The van der Waals surface area contributed by atoms with Crippen molar-refractivity contribution in [1.29, 1.82) is 0 Å². The molecule has 3 rings (SSSR count). The predicted molar refractivity (Wildman–Crippen MR) is 75.4 cm³/mol. The van der Waals surface area contributed by atoms with Gasteiger partial charge in [-0.25, -0.2) is 0 Å². The van der Waals surface area contributed by atoms with Crippen LogP contribution in [0.5, 0.6) is 0 Å². The highest BCUT2D eigenvalue weighted by Crippen LogP contribution is 2.26. The molecule has 0 aliphatic heterocycles. The van der Waals surface area contributed by atoms with Gasteiger partial charge in [-0.3, -0.25) is 0 Å². The van der Waals surface area contributed by atoms with Crippen molar-refractivity contribution in [3.63, 3.8) is 0 Å². The molecule has 0 saturated heterocycles. The summed E-state index contributed by atoms with van der Waals surface area (Å²) in [7, 11) is 0. The van der Waals surface area contributed by atoms with E-state index in [4.69, 9.17) is 0 Å². The van der Waals surface area contributed by atoms with Crippen molar-refractivity contribution < 1.29 is 0 Å². The summed E-state index contributed by atoms with van der Waals surface area (Å²) >= 11 is 0. The van der Waals surface area contributed by atoms with Gasteiger partial charge in [-0.05, 0) is 33.5 Å². The van der Waals surface area contributed by atoms with Crippen molar-refractivity contribution in [3.05, 3.63) is 72.8 Å². The van der Waals surface area contributed by atoms with E-state index in [9.17, 15) is 0 Å². The first kappa shape index (κ1) is 10.1. The Labute approximate surface area is 101 Å². The van der Waals surface area contributed by atoms with Crippen LogP contribution in [0, 0.1) is 0 Å². The molecule has 0 aliphatic carbocycles. The summed E-state index contributed by atoms with van der Waals surface area (Å²) in [4.78, 5) is 0. The van der Waals surface area contributed by atoms with Crippen molar-refractivity contribution in [3.8, 4) is 0 Å². The van der Waals surface area contributed by atoms with Crippen LogP contribution >= 0.6 is 0 Å². The summed E-state index contributed by atoms with van der Waals surface area (Å²) < 4.78 is 0. The fourth-order valence-electron chi connectivity index (χ4n) is 2.34. The van der Waals surface area contributed by atoms with Crippen LogP contribution in [0.3, 0.4) is 0 Å². The van der Waals surface area contributed by atoms with E-state index in [1.165, 1.54) is 27.1 Å². The summed E-state index contributed by atoms with van der Waals surface area (Å²) in [6, 6.07) is 19.6. The fourth-order valence-corrected chi connectivity index (χ4v) is 2.34. The Bertz CT molecular complexity index is 693. The Morgan fingerprint density at radius 1 is 0.824 bits per heavy atom. The molecule has 0 N–H and O–H groups in total. The zero-order chi connectivity index (χ0) is 11.7. The molecule has 0 aromatic heterocycles. The molecule has 0 radical (unpaired) electrons. The van der Waals surface area contributed by atoms with Crippen LogP contribution in [-0.2, 0) is 6.42 Å². The molecule has 3 aromatic carbocycles. The van der Waals surface area contributed by atoms with Crippen LogP contribution < -0.4 is 0 Å². The van der Waals surface area contributed by atoms with E-state index in [1.807, 2.05) is 6.08 Å². The molecule has 0 spiro atoms. The predicted octanol–water partition coefficient (Wildman–Crippen LogP) is 4.72. The van der Waals surface area contributed by atoms with Gasteiger partial charge < -0.3 is 0 Å². The van der Waals surface area contributed by atoms with E-state index in [1.54, 1.807) is 0 Å². The minimum Gasteiger partial charge on any atom is -0.103 e. The van der Waals surface area contributed by atoms with Gasteiger partial charge in [0.05, 0.1) is 0 Å². The van der Waals surface area contributed by atoms with Crippen molar-refractivity contribution >= 4 is 21.5 Å². The molecule has 0 unspecified atom stereocenters. The van der Waals surface area contributed by atoms with Gasteiger partial charge >= 0.3 is 0 Å². The number of fused-ring (bicyclic) bond motifs is 3. The summed E-state index contributed by atoms with van der Waals surface area (Å²) in [5, 5.41) is 5.27. The lowest BCUT2D eigenvalue weighted by molar-refractivity contribution is 1.29. The van der Waals surface area contributed by atoms with Crippen LogP contribution in [0.4, 0.5) is 0 Å². The highest BCUT2D eigenvalue weighted by Gasteiger charge is 2.00. The molecular formula is C17H14. The van der Waals surface area contributed by atoms with Crippen LogP contribution in [0.2, 0.25) is 0 Å². The van der Waals surface area contributed by atoms with Crippen molar-refractivity contribution in [2.24, 2.45) is 0 Å². The van der Waals surface area contributed by atoms with Crippen LogP contribution in [0.1, 0.15) is 5.56 Å². The molecule has 0 nitrogen and oxygen atoms in total. The van der Waals surface area contributed by atoms with E-state index in [0.717, 1.165) is 6.42 Å². The Hall–Kier alpha value is -2.08. The van der Waals surface area contributed by atoms with Crippen LogP contribution in [0.25, 0.3) is 21.5 Å². The normalized spacial score (nSPS) is 10.8. The maximum atomic E-state index is 3.80. The van der Waals surface area contributed by atoms with E-state index in [0.29, 0.717) is 0 Å². The smallest absolute Gasteiger partial charge is 0.00999 e. The van der Waals surface area contributed by atoms with Crippen molar-refractivity contribution in [2.45, 2.75) is 6.42 Å². The number of hydrogen-bond donors (Lipinski definition) is 0. The molecule has 0 atom stereocenters. The Kier molecular flexibility index (Phi) is 2.41. The van der Waals surface area contributed by atoms with E-state index in [2.05, 4.69) is 61.2 Å². The van der Waals surface area contributed by atoms with Crippen LogP contribution in [0.15, 0.2) is 67.3 Å². The minimum absolute atomic E-state index is 0.930. The zero-order valence-corrected chi connectivity index (χ0v) is 9.69. The number of hydrogen-bond acceptors (Lipinski definition) is 0. The zero-order valence-electron chi connectivity index (χ0n) is 9.69.